The molecule has 4 rings (SSSR count). The second-order valence-electron chi connectivity index (χ2n) is 7.48. The Morgan fingerprint density at radius 1 is 1.19 bits per heavy atom. The number of urea groups is 1. The van der Waals surface area contributed by atoms with Gasteiger partial charge in [0.15, 0.2) is 0 Å². The second-order valence-corrected chi connectivity index (χ2v) is 7.92. The number of amides is 4. The van der Waals surface area contributed by atoms with Gasteiger partial charge in [-0.25, -0.2) is 9.69 Å². The van der Waals surface area contributed by atoms with Gasteiger partial charge in [0.1, 0.15) is 6.04 Å². The van der Waals surface area contributed by atoms with E-state index in [1.165, 1.54) is 24.4 Å². The number of rotatable bonds is 4. The first kappa shape index (κ1) is 21.3. The van der Waals surface area contributed by atoms with Crippen LogP contribution in [0.4, 0.5) is 21.9 Å². The van der Waals surface area contributed by atoms with Crippen molar-refractivity contribution in [2.75, 3.05) is 17.3 Å². The summed E-state index contributed by atoms with van der Waals surface area (Å²) in [5.41, 5.74) is 1.38. The number of nitro benzene ring substituents is 1. The van der Waals surface area contributed by atoms with Gasteiger partial charge in [0, 0.05) is 36.1 Å². The Kier molecular flexibility index (Phi) is 5.31. The standard InChI is InChI=1S/C21H18ClN5O5/c1-11-9-14(27(31)32)7-8-16(11)23-19(28)15-10-25(2)18-17(15)24-21(30)26(20(18)29)13-5-3-12(22)4-6-13/h3-10,17-18H,1-2H3,(H,23,28)(H,24,30). The zero-order valence-corrected chi connectivity index (χ0v) is 17.8. The normalized spacial score (nSPS) is 19.9. The number of imide groups is 1. The Morgan fingerprint density at radius 2 is 1.88 bits per heavy atom. The molecule has 0 saturated carbocycles. The molecule has 11 heteroatoms. The number of hydrogen-bond acceptors (Lipinski definition) is 6. The van der Waals surface area contributed by atoms with Crippen molar-refractivity contribution in [1.82, 2.24) is 10.2 Å². The number of likely N-dealkylation sites (N-methyl/N-ethyl adjacent to an activating group) is 1. The minimum absolute atomic E-state index is 0.0900. The zero-order valence-electron chi connectivity index (χ0n) is 17.0. The Bertz CT molecular complexity index is 1180. The topological polar surface area (TPSA) is 125 Å². The Balaban J connectivity index is 1.56. The Hall–Kier alpha value is -3.92. The van der Waals surface area contributed by atoms with Crippen LogP contribution in [0.25, 0.3) is 0 Å². The predicted octanol–water partition coefficient (Wildman–Crippen LogP) is 2.82. The number of carbonyl (C=O) groups is 3. The van der Waals surface area contributed by atoms with Gasteiger partial charge in [-0.2, -0.15) is 0 Å². The van der Waals surface area contributed by atoms with Crippen LogP contribution in [0.3, 0.4) is 0 Å². The first-order valence-electron chi connectivity index (χ1n) is 9.57. The maximum Gasteiger partial charge on any atom is 0.329 e. The first-order valence-corrected chi connectivity index (χ1v) is 9.95. The van der Waals surface area contributed by atoms with Crippen molar-refractivity contribution in [2.45, 2.75) is 19.0 Å². The van der Waals surface area contributed by atoms with Crippen molar-refractivity contribution >= 4 is 46.5 Å². The van der Waals surface area contributed by atoms with Crippen LogP contribution in [-0.4, -0.2) is 46.8 Å². The highest BCUT2D eigenvalue weighted by atomic mass is 35.5. The molecule has 2 heterocycles. The molecule has 0 radical (unpaired) electrons. The van der Waals surface area contributed by atoms with E-state index < -0.39 is 34.9 Å². The second kappa shape index (κ2) is 7.97. The fourth-order valence-electron chi connectivity index (χ4n) is 3.82. The molecular weight excluding hydrogens is 438 g/mol. The van der Waals surface area contributed by atoms with Gasteiger partial charge in [-0.3, -0.25) is 19.7 Å². The summed E-state index contributed by atoms with van der Waals surface area (Å²) < 4.78 is 0. The molecule has 1 saturated heterocycles. The summed E-state index contributed by atoms with van der Waals surface area (Å²) in [5, 5.41) is 16.8. The molecule has 0 bridgehead atoms. The summed E-state index contributed by atoms with van der Waals surface area (Å²) >= 11 is 5.89. The number of nitrogens with one attached hydrogen (secondary N) is 2. The van der Waals surface area contributed by atoms with Crippen LogP contribution in [0.2, 0.25) is 5.02 Å². The van der Waals surface area contributed by atoms with Gasteiger partial charge >= 0.3 is 6.03 Å². The van der Waals surface area contributed by atoms with Gasteiger partial charge in [-0.05, 0) is 42.8 Å². The number of non-ortho nitro benzene ring substituents is 1. The van der Waals surface area contributed by atoms with Gasteiger partial charge in [0.25, 0.3) is 17.5 Å². The number of benzene rings is 2. The SMILES string of the molecule is Cc1cc([N+](=O)[O-])ccc1NC(=O)C1=CN(C)C2C(=O)N(c3ccc(Cl)cc3)C(=O)NC12. The number of hydrogen-bond donors (Lipinski definition) is 2. The Labute approximate surface area is 187 Å². The minimum atomic E-state index is -0.845. The monoisotopic (exact) mass is 455 g/mol. The highest BCUT2D eigenvalue weighted by molar-refractivity contribution is 6.30. The number of nitro groups is 1. The molecule has 0 spiro atoms. The van der Waals surface area contributed by atoms with Crippen molar-refractivity contribution in [2.24, 2.45) is 0 Å². The van der Waals surface area contributed by atoms with E-state index in [-0.39, 0.29) is 11.3 Å². The van der Waals surface area contributed by atoms with E-state index in [2.05, 4.69) is 10.6 Å². The van der Waals surface area contributed by atoms with Crippen molar-refractivity contribution in [3.05, 3.63) is 74.9 Å². The van der Waals surface area contributed by atoms with E-state index in [0.717, 1.165) is 4.90 Å². The summed E-state index contributed by atoms with van der Waals surface area (Å²) in [6.07, 6.45) is 1.51. The average Bonchev–Trinajstić information content (AvgIpc) is 3.07. The van der Waals surface area contributed by atoms with Crippen molar-refractivity contribution in [1.29, 1.82) is 0 Å². The molecule has 2 N–H and O–H groups in total. The van der Waals surface area contributed by atoms with Crippen LogP contribution in [0.5, 0.6) is 0 Å². The molecule has 2 aliphatic heterocycles. The molecular formula is C21H18ClN5O5. The number of nitrogens with zero attached hydrogens (tertiary/aromatic N) is 3. The number of halogens is 1. The smallest absolute Gasteiger partial charge is 0.329 e. The molecule has 2 aromatic carbocycles. The van der Waals surface area contributed by atoms with Crippen LogP contribution in [0, 0.1) is 17.0 Å². The molecule has 0 aliphatic carbocycles. The largest absolute Gasteiger partial charge is 0.366 e. The van der Waals surface area contributed by atoms with Crippen LogP contribution in [-0.2, 0) is 9.59 Å². The van der Waals surface area contributed by atoms with Crippen LogP contribution in [0.15, 0.2) is 54.2 Å². The number of aryl methyl sites for hydroxylation is 1. The van der Waals surface area contributed by atoms with E-state index in [9.17, 15) is 24.5 Å². The van der Waals surface area contributed by atoms with E-state index in [1.807, 2.05) is 0 Å². The number of anilines is 2. The third-order valence-electron chi connectivity index (χ3n) is 5.40. The van der Waals surface area contributed by atoms with Crippen molar-refractivity contribution < 1.29 is 19.3 Å². The molecule has 1 fully saturated rings. The van der Waals surface area contributed by atoms with Gasteiger partial charge in [-0.1, -0.05) is 11.6 Å². The lowest BCUT2D eigenvalue weighted by atomic mass is 9.99. The zero-order chi connectivity index (χ0) is 23.2. The third-order valence-corrected chi connectivity index (χ3v) is 5.66. The minimum Gasteiger partial charge on any atom is -0.366 e. The van der Waals surface area contributed by atoms with E-state index in [4.69, 9.17) is 11.6 Å². The van der Waals surface area contributed by atoms with Crippen LogP contribution in [0.1, 0.15) is 5.56 Å². The fourth-order valence-corrected chi connectivity index (χ4v) is 3.95. The molecule has 2 atom stereocenters. The van der Waals surface area contributed by atoms with E-state index in [1.54, 1.807) is 43.1 Å². The Morgan fingerprint density at radius 3 is 2.50 bits per heavy atom. The number of carbonyl (C=O) groups excluding carboxylic acids is 3. The summed E-state index contributed by atoms with van der Waals surface area (Å²) in [4.78, 5) is 51.8. The summed E-state index contributed by atoms with van der Waals surface area (Å²) in [6, 6.07) is 8.05. The lowest BCUT2D eigenvalue weighted by Gasteiger charge is -2.37. The molecule has 0 aromatic heterocycles. The maximum absolute atomic E-state index is 13.2. The van der Waals surface area contributed by atoms with Gasteiger partial charge < -0.3 is 15.5 Å². The molecule has 10 nitrogen and oxygen atoms in total. The third kappa shape index (κ3) is 3.65. The molecule has 2 unspecified atom stereocenters. The van der Waals surface area contributed by atoms with Crippen LogP contribution >= 0.6 is 11.6 Å². The molecule has 2 aromatic rings. The predicted molar refractivity (Wildman–Crippen MR) is 117 cm³/mol. The molecule has 164 valence electrons. The van der Waals surface area contributed by atoms with Crippen molar-refractivity contribution in [3.8, 4) is 0 Å². The highest BCUT2D eigenvalue weighted by Crippen LogP contribution is 2.31. The maximum atomic E-state index is 13.2. The summed E-state index contributed by atoms with van der Waals surface area (Å²) in [6.45, 7) is 1.64. The van der Waals surface area contributed by atoms with Crippen LogP contribution < -0.4 is 15.5 Å². The average molecular weight is 456 g/mol. The lowest BCUT2D eigenvalue weighted by Crippen LogP contribution is -2.65. The number of fused-ring (bicyclic) bond motifs is 1. The molecule has 2 aliphatic rings. The van der Waals surface area contributed by atoms with Gasteiger partial charge in [0.05, 0.1) is 22.2 Å². The van der Waals surface area contributed by atoms with E-state index in [0.29, 0.717) is 22.0 Å². The highest BCUT2D eigenvalue weighted by Gasteiger charge is 2.49. The summed E-state index contributed by atoms with van der Waals surface area (Å²) in [5.74, 6) is -0.997. The van der Waals surface area contributed by atoms with E-state index >= 15 is 0 Å². The summed E-state index contributed by atoms with van der Waals surface area (Å²) in [7, 11) is 1.64. The first-order chi connectivity index (χ1) is 15.2. The molecule has 32 heavy (non-hydrogen) atoms. The fraction of sp³-hybridized carbons (Fsp3) is 0.190. The van der Waals surface area contributed by atoms with Gasteiger partial charge in [-0.15, -0.1) is 0 Å². The molecule has 4 amide bonds. The quantitative estimate of drug-likeness (QED) is 0.539. The van der Waals surface area contributed by atoms with Crippen molar-refractivity contribution in [3.63, 3.8) is 0 Å². The van der Waals surface area contributed by atoms with Gasteiger partial charge in [0.2, 0.25) is 0 Å². The lowest BCUT2D eigenvalue weighted by molar-refractivity contribution is -0.384.